The highest BCUT2D eigenvalue weighted by atomic mass is 16.5. The predicted octanol–water partition coefficient (Wildman–Crippen LogP) is 3.42. The second kappa shape index (κ2) is 5.31. The first-order valence-corrected chi connectivity index (χ1v) is 6.94. The number of nitrogens with one attached hydrogen (secondary N) is 1. The molecule has 0 bridgehead atoms. The fourth-order valence-corrected chi connectivity index (χ4v) is 2.37. The molecule has 0 aliphatic carbocycles. The average Bonchev–Trinajstić information content (AvgIpc) is 2.79. The Labute approximate surface area is 111 Å². The Morgan fingerprint density at radius 1 is 1.33 bits per heavy atom. The van der Waals surface area contributed by atoms with Gasteiger partial charge in [-0.2, -0.15) is 0 Å². The zero-order chi connectivity index (χ0) is 13.2. The van der Waals surface area contributed by atoms with Crippen molar-refractivity contribution < 1.29 is 4.74 Å². The second-order valence-corrected chi connectivity index (χ2v) is 6.33. The van der Waals surface area contributed by atoms with Crippen LogP contribution in [0.25, 0.3) is 0 Å². The van der Waals surface area contributed by atoms with Gasteiger partial charge in [0.2, 0.25) is 0 Å². The van der Waals surface area contributed by atoms with E-state index in [4.69, 9.17) is 4.74 Å². The molecule has 0 saturated carbocycles. The Bertz CT molecular complexity index is 400. The zero-order valence-electron chi connectivity index (χ0n) is 12.0. The first-order chi connectivity index (χ1) is 8.47. The zero-order valence-corrected chi connectivity index (χ0v) is 12.0. The lowest BCUT2D eigenvalue weighted by Crippen LogP contribution is -2.28. The molecule has 1 N–H and O–H groups in total. The van der Waals surface area contributed by atoms with Gasteiger partial charge in [0.15, 0.2) is 0 Å². The van der Waals surface area contributed by atoms with E-state index >= 15 is 0 Å². The summed E-state index contributed by atoms with van der Waals surface area (Å²) in [5.41, 5.74) is 2.81. The molecule has 0 radical (unpaired) electrons. The van der Waals surface area contributed by atoms with E-state index in [2.05, 4.69) is 51.2 Å². The largest absolute Gasteiger partial charge is 0.492 e. The van der Waals surface area contributed by atoms with Gasteiger partial charge in [-0.1, -0.05) is 32.9 Å². The minimum Gasteiger partial charge on any atom is -0.492 e. The Morgan fingerprint density at radius 2 is 2.11 bits per heavy atom. The van der Waals surface area contributed by atoms with Crippen LogP contribution in [0, 0.1) is 6.92 Å². The summed E-state index contributed by atoms with van der Waals surface area (Å²) in [5, 5.41) is 3.46. The molecule has 1 unspecified atom stereocenters. The smallest absolute Gasteiger partial charge is 0.122 e. The lowest BCUT2D eigenvalue weighted by molar-refractivity contribution is 0.275. The molecule has 0 aromatic heterocycles. The lowest BCUT2D eigenvalue weighted by Gasteiger charge is -2.21. The maximum atomic E-state index is 5.93. The van der Waals surface area contributed by atoms with Gasteiger partial charge in [0.25, 0.3) is 0 Å². The summed E-state index contributed by atoms with van der Waals surface area (Å²) in [6.45, 7) is 10.8. The van der Waals surface area contributed by atoms with Crippen molar-refractivity contribution in [2.45, 2.75) is 52.0 Å². The number of aryl methyl sites for hydroxylation is 1. The summed E-state index contributed by atoms with van der Waals surface area (Å²) in [6.07, 6.45) is 2.51. The molecule has 1 heterocycles. The first kappa shape index (κ1) is 13.4. The van der Waals surface area contributed by atoms with Gasteiger partial charge in [-0.3, -0.25) is 0 Å². The first-order valence-electron chi connectivity index (χ1n) is 6.94. The molecule has 100 valence electrons. The van der Waals surface area contributed by atoms with E-state index in [-0.39, 0.29) is 5.41 Å². The summed E-state index contributed by atoms with van der Waals surface area (Å²) in [5.74, 6) is 1.02. The standard InChI is InChI=1S/C16H25NO/c1-12-10-13(16(2,3)4)7-8-15(12)18-11-14-6-5-9-17-14/h7-8,10,14,17H,5-6,9,11H2,1-4H3. The summed E-state index contributed by atoms with van der Waals surface area (Å²) in [4.78, 5) is 0. The van der Waals surface area contributed by atoms with E-state index in [1.807, 2.05) is 0 Å². The maximum Gasteiger partial charge on any atom is 0.122 e. The van der Waals surface area contributed by atoms with Gasteiger partial charge in [0.1, 0.15) is 12.4 Å². The van der Waals surface area contributed by atoms with Crippen molar-refractivity contribution >= 4 is 0 Å². The monoisotopic (exact) mass is 247 g/mol. The van der Waals surface area contributed by atoms with E-state index in [1.54, 1.807) is 0 Å². The Kier molecular flexibility index (Phi) is 3.96. The van der Waals surface area contributed by atoms with Crippen LogP contribution in [-0.4, -0.2) is 19.2 Å². The molecule has 0 spiro atoms. The number of ether oxygens (including phenoxy) is 1. The highest BCUT2D eigenvalue weighted by molar-refractivity contribution is 5.38. The van der Waals surface area contributed by atoms with Gasteiger partial charge in [0, 0.05) is 6.04 Å². The van der Waals surface area contributed by atoms with Crippen LogP contribution in [0.2, 0.25) is 0 Å². The fourth-order valence-electron chi connectivity index (χ4n) is 2.37. The van der Waals surface area contributed by atoms with Crippen LogP contribution in [0.3, 0.4) is 0 Å². The van der Waals surface area contributed by atoms with Gasteiger partial charge in [0.05, 0.1) is 0 Å². The molecule has 1 atom stereocenters. The van der Waals surface area contributed by atoms with E-state index in [1.165, 1.54) is 24.0 Å². The summed E-state index contributed by atoms with van der Waals surface area (Å²) >= 11 is 0. The second-order valence-electron chi connectivity index (χ2n) is 6.33. The molecule has 1 saturated heterocycles. The Morgan fingerprint density at radius 3 is 2.67 bits per heavy atom. The maximum absolute atomic E-state index is 5.93. The lowest BCUT2D eigenvalue weighted by atomic mass is 9.86. The predicted molar refractivity (Wildman–Crippen MR) is 76.4 cm³/mol. The molecule has 0 amide bonds. The molecule has 1 fully saturated rings. The molecule has 1 aromatic rings. The van der Waals surface area contributed by atoms with Crippen LogP contribution in [0.5, 0.6) is 5.75 Å². The summed E-state index contributed by atoms with van der Waals surface area (Å²) in [7, 11) is 0. The van der Waals surface area contributed by atoms with Crippen molar-refractivity contribution in [1.82, 2.24) is 5.32 Å². The Hall–Kier alpha value is -1.02. The van der Waals surface area contributed by atoms with Crippen LogP contribution >= 0.6 is 0 Å². The van der Waals surface area contributed by atoms with Crippen LogP contribution in [-0.2, 0) is 5.41 Å². The molecule has 1 aliphatic heterocycles. The van der Waals surface area contributed by atoms with Crippen molar-refractivity contribution in [2.75, 3.05) is 13.2 Å². The number of hydrogen-bond donors (Lipinski definition) is 1. The van der Waals surface area contributed by atoms with Crippen molar-refractivity contribution in [3.8, 4) is 5.75 Å². The van der Waals surface area contributed by atoms with Crippen LogP contribution in [0.4, 0.5) is 0 Å². The Balaban J connectivity index is 2.01. The number of rotatable bonds is 3. The third-order valence-electron chi connectivity index (χ3n) is 3.64. The fraction of sp³-hybridized carbons (Fsp3) is 0.625. The van der Waals surface area contributed by atoms with Crippen molar-refractivity contribution in [3.63, 3.8) is 0 Å². The van der Waals surface area contributed by atoms with Gasteiger partial charge >= 0.3 is 0 Å². The van der Waals surface area contributed by atoms with Gasteiger partial charge in [-0.15, -0.1) is 0 Å². The molecule has 2 nitrogen and oxygen atoms in total. The van der Waals surface area contributed by atoms with E-state index in [9.17, 15) is 0 Å². The van der Waals surface area contributed by atoms with Crippen LogP contribution < -0.4 is 10.1 Å². The highest BCUT2D eigenvalue weighted by Gasteiger charge is 2.17. The minimum absolute atomic E-state index is 0.205. The van der Waals surface area contributed by atoms with Gasteiger partial charge in [-0.05, 0) is 48.9 Å². The molecule has 2 heteroatoms. The molecule has 18 heavy (non-hydrogen) atoms. The van der Waals surface area contributed by atoms with E-state index < -0.39 is 0 Å². The van der Waals surface area contributed by atoms with Crippen LogP contribution in [0.15, 0.2) is 18.2 Å². The topological polar surface area (TPSA) is 21.3 Å². The van der Waals surface area contributed by atoms with Gasteiger partial charge < -0.3 is 10.1 Å². The van der Waals surface area contributed by atoms with Crippen molar-refractivity contribution in [2.24, 2.45) is 0 Å². The van der Waals surface area contributed by atoms with E-state index in [0.29, 0.717) is 6.04 Å². The molecule has 1 aliphatic rings. The van der Waals surface area contributed by atoms with Crippen molar-refractivity contribution in [3.05, 3.63) is 29.3 Å². The average molecular weight is 247 g/mol. The number of benzene rings is 1. The molecule has 1 aromatic carbocycles. The van der Waals surface area contributed by atoms with Crippen molar-refractivity contribution in [1.29, 1.82) is 0 Å². The molecular formula is C16H25NO. The molecule has 2 rings (SSSR count). The summed E-state index contributed by atoms with van der Waals surface area (Å²) in [6, 6.07) is 7.08. The minimum atomic E-state index is 0.205. The summed E-state index contributed by atoms with van der Waals surface area (Å²) < 4.78 is 5.93. The normalized spacial score (nSPS) is 20.1. The van der Waals surface area contributed by atoms with Crippen LogP contribution in [0.1, 0.15) is 44.7 Å². The quantitative estimate of drug-likeness (QED) is 0.883. The SMILES string of the molecule is Cc1cc(C(C)(C)C)ccc1OCC1CCCN1. The highest BCUT2D eigenvalue weighted by Crippen LogP contribution is 2.27. The molecular weight excluding hydrogens is 222 g/mol. The van der Waals surface area contributed by atoms with Gasteiger partial charge in [-0.25, -0.2) is 0 Å². The number of hydrogen-bond acceptors (Lipinski definition) is 2. The third kappa shape index (κ3) is 3.26. The third-order valence-corrected chi connectivity index (χ3v) is 3.64. The van der Waals surface area contributed by atoms with E-state index in [0.717, 1.165) is 18.9 Å².